The fraction of sp³-hybridized carbons (Fsp3) is 0.471. The molecule has 2 atom stereocenters. The van der Waals surface area contributed by atoms with Gasteiger partial charge < -0.3 is 10.2 Å². The summed E-state index contributed by atoms with van der Waals surface area (Å²) in [5.74, 6) is -3.01. The standard InChI is InChI=1S/C17H19F2N5O/c18-17(19)6-7-23(11-17)16(25)14-8-13(9-20-14)24-10-15(21-22-24)12-4-2-1-3-5-12/h1-5,10,13-14,20H,6-9,11H2/t13-,14-/m0/s1. The van der Waals surface area contributed by atoms with E-state index in [4.69, 9.17) is 0 Å². The minimum atomic E-state index is -2.76. The molecule has 25 heavy (non-hydrogen) atoms. The van der Waals surface area contributed by atoms with Gasteiger partial charge in [0.1, 0.15) is 5.69 Å². The number of nitrogens with one attached hydrogen (secondary N) is 1. The van der Waals surface area contributed by atoms with Gasteiger partial charge >= 0.3 is 0 Å². The van der Waals surface area contributed by atoms with Crippen LogP contribution in [-0.2, 0) is 4.79 Å². The predicted molar refractivity (Wildman–Crippen MR) is 87.0 cm³/mol. The number of amides is 1. The van der Waals surface area contributed by atoms with Gasteiger partial charge in [0.2, 0.25) is 5.91 Å². The van der Waals surface area contributed by atoms with Crippen LogP contribution in [0.3, 0.4) is 0 Å². The number of rotatable bonds is 3. The molecule has 2 aromatic rings. The predicted octanol–water partition coefficient (Wildman–Crippen LogP) is 1.72. The highest BCUT2D eigenvalue weighted by atomic mass is 19.3. The smallest absolute Gasteiger partial charge is 0.267 e. The van der Waals surface area contributed by atoms with E-state index in [2.05, 4.69) is 15.6 Å². The van der Waals surface area contributed by atoms with E-state index < -0.39 is 18.5 Å². The van der Waals surface area contributed by atoms with Crippen molar-refractivity contribution in [2.24, 2.45) is 0 Å². The number of alkyl halides is 2. The largest absolute Gasteiger partial charge is 0.335 e. The highest BCUT2D eigenvalue weighted by Gasteiger charge is 2.43. The first-order valence-electron chi connectivity index (χ1n) is 8.39. The normalized spacial score (nSPS) is 25.4. The van der Waals surface area contributed by atoms with Crippen molar-refractivity contribution in [1.82, 2.24) is 25.2 Å². The molecule has 8 heteroatoms. The van der Waals surface area contributed by atoms with E-state index in [0.717, 1.165) is 11.3 Å². The summed E-state index contributed by atoms with van der Waals surface area (Å²) in [6.07, 6.45) is 2.13. The number of carbonyl (C=O) groups excluding carboxylic acids is 1. The van der Waals surface area contributed by atoms with Crippen molar-refractivity contribution >= 4 is 5.91 Å². The van der Waals surface area contributed by atoms with E-state index in [1.165, 1.54) is 4.90 Å². The number of aromatic nitrogens is 3. The number of hydrogen-bond donors (Lipinski definition) is 1. The van der Waals surface area contributed by atoms with E-state index in [9.17, 15) is 13.6 Å². The summed E-state index contributed by atoms with van der Waals surface area (Å²) in [7, 11) is 0. The van der Waals surface area contributed by atoms with Gasteiger partial charge in [-0.3, -0.25) is 4.79 Å². The van der Waals surface area contributed by atoms with E-state index in [-0.39, 0.29) is 24.9 Å². The van der Waals surface area contributed by atoms with Crippen LogP contribution in [0.4, 0.5) is 8.78 Å². The van der Waals surface area contributed by atoms with Gasteiger partial charge in [-0.25, -0.2) is 13.5 Å². The zero-order valence-corrected chi connectivity index (χ0v) is 13.6. The second kappa shape index (κ2) is 6.18. The maximum atomic E-state index is 13.3. The Morgan fingerprint density at radius 1 is 1.28 bits per heavy atom. The van der Waals surface area contributed by atoms with Gasteiger partial charge in [0, 0.05) is 25.1 Å². The number of likely N-dealkylation sites (tertiary alicyclic amines) is 1. The summed E-state index contributed by atoms with van der Waals surface area (Å²) in [4.78, 5) is 13.7. The number of nitrogens with zero attached hydrogens (tertiary/aromatic N) is 4. The van der Waals surface area contributed by atoms with Crippen molar-refractivity contribution in [3.8, 4) is 11.3 Å². The van der Waals surface area contributed by atoms with Crippen LogP contribution >= 0.6 is 0 Å². The van der Waals surface area contributed by atoms with Crippen molar-refractivity contribution in [3.05, 3.63) is 36.5 Å². The molecule has 2 saturated heterocycles. The zero-order valence-electron chi connectivity index (χ0n) is 13.6. The van der Waals surface area contributed by atoms with Crippen LogP contribution in [0.15, 0.2) is 36.5 Å². The third-order valence-electron chi connectivity index (χ3n) is 4.84. The van der Waals surface area contributed by atoms with Gasteiger partial charge in [-0.15, -0.1) is 5.10 Å². The van der Waals surface area contributed by atoms with Gasteiger partial charge in [0.05, 0.1) is 24.8 Å². The van der Waals surface area contributed by atoms with Crippen LogP contribution in [0.1, 0.15) is 18.9 Å². The lowest BCUT2D eigenvalue weighted by Gasteiger charge is -2.20. The average molecular weight is 347 g/mol. The first-order chi connectivity index (χ1) is 12.0. The number of hydrogen-bond acceptors (Lipinski definition) is 4. The molecular formula is C17H19F2N5O. The van der Waals surface area contributed by atoms with Crippen LogP contribution in [0.2, 0.25) is 0 Å². The van der Waals surface area contributed by atoms with Crippen LogP contribution in [0.5, 0.6) is 0 Å². The quantitative estimate of drug-likeness (QED) is 0.918. The first kappa shape index (κ1) is 16.1. The fourth-order valence-electron chi connectivity index (χ4n) is 3.45. The van der Waals surface area contributed by atoms with Crippen molar-refractivity contribution in [3.63, 3.8) is 0 Å². The van der Waals surface area contributed by atoms with Gasteiger partial charge in [0.15, 0.2) is 0 Å². The molecule has 1 aromatic carbocycles. The zero-order chi connectivity index (χ0) is 17.4. The van der Waals surface area contributed by atoms with Crippen molar-refractivity contribution < 1.29 is 13.6 Å². The molecule has 0 aliphatic carbocycles. The van der Waals surface area contributed by atoms with Gasteiger partial charge in [0.25, 0.3) is 5.92 Å². The molecule has 2 aliphatic rings. The Morgan fingerprint density at radius 3 is 2.80 bits per heavy atom. The lowest BCUT2D eigenvalue weighted by atomic mass is 10.1. The topological polar surface area (TPSA) is 63.1 Å². The summed E-state index contributed by atoms with van der Waals surface area (Å²) < 4.78 is 28.4. The molecule has 0 bridgehead atoms. The summed E-state index contributed by atoms with van der Waals surface area (Å²) in [6, 6.07) is 9.28. The third kappa shape index (κ3) is 3.26. The number of benzene rings is 1. The molecule has 4 rings (SSSR count). The van der Waals surface area contributed by atoms with Crippen molar-refractivity contribution in [2.45, 2.75) is 30.8 Å². The lowest BCUT2D eigenvalue weighted by molar-refractivity contribution is -0.133. The molecule has 1 aromatic heterocycles. The molecular weight excluding hydrogens is 328 g/mol. The van der Waals surface area contributed by atoms with Crippen LogP contribution in [0, 0.1) is 0 Å². The van der Waals surface area contributed by atoms with Crippen LogP contribution < -0.4 is 5.32 Å². The second-order valence-corrected chi connectivity index (χ2v) is 6.67. The minimum Gasteiger partial charge on any atom is -0.335 e. The Balaban J connectivity index is 1.41. The summed E-state index contributed by atoms with van der Waals surface area (Å²) in [5.41, 5.74) is 1.75. The molecule has 0 saturated carbocycles. The van der Waals surface area contributed by atoms with Gasteiger partial charge in [-0.2, -0.15) is 0 Å². The number of carbonyl (C=O) groups is 1. The van der Waals surface area contributed by atoms with E-state index >= 15 is 0 Å². The molecule has 2 aliphatic heterocycles. The third-order valence-corrected chi connectivity index (χ3v) is 4.84. The Hall–Kier alpha value is -2.35. The van der Waals surface area contributed by atoms with Crippen molar-refractivity contribution in [2.75, 3.05) is 19.6 Å². The maximum absolute atomic E-state index is 13.3. The Labute approximate surface area is 143 Å². The second-order valence-electron chi connectivity index (χ2n) is 6.67. The molecule has 0 unspecified atom stereocenters. The highest BCUT2D eigenvalue weighted by molar-refractivity contribution is 5.82. The molecule has 2 fully saturated rings. The SMILES string of the molecule is O=C([C@@H]1C[C@H](n2cc(-c3ccccc3)nn2)CN1)N1CCC(F)(F)C1. The summed E-state index contributed by atoms with van der Waals surface area (Å²) in [5, 5.41) is 11.5. The first-order valence-corrected chi connectivity index (χ1v) is 8.39. The van der Waals surface area contributed by atoms with Crippen LogP contribution in [-0.4, -0.2) is 57.4 Å². The molecule has 0 spiro atoms. The Bertz CT molecular complexity index is 763. The van der Waals surface area contributed by atoms with E-state index in [1.54, 1.807) is 4.68 Å². The number of halogens is 2. The maximum Gasteiger partial charge on any atom is 0.267 e. The minimum absolute atomic E-state index is 0.0120. The average Bonchev–Trinajstić information content (AvgIpc) is 3.33. The lowest BCUT2D eigenvalue weighted by Crippen LogP contribution is -2.43. The van der Waals surface area contributed by atoms with E-state index in [0.29, 0.717) is 13.0 Å². The van der Waals surface area contributed by atoms with Gasteiger partial charge in [-0.05, 0) is 6.42 Å². The monoisotopic (exact) mass is 347 g/mol. The molecule has 132 valence electrons. The summed E-state index contributed by atoms with van der Waals surface area (Å²) in [6.45, 7) is 0.213. The van der Waals surface area contributed by atoms with Gasteiger partial charge in [-0.1, -0.05) is 35.5 Å². The molecule has 3 heterocycles. The van der Waals surface area contributed by atoms with Crippen LogP contribution in [0.25, 0.3) is 11.3 Å². The van der Waals surface area contributed by atoms with E-state index in [1.807, 2.05) is 36.5 Å². The molecule has 1 amide bonds. The summed E-state index contributed by atoms with van der Waals surface area (Å²) >= 11 is 0. The molecule has 1 N–H and O–H groups in total. The Morgan fingerprint density at radius 2 is 2.08 bits per heavy atom. The fourth-order valence-corrected chi connectivity index (χ4v) is 3.45. The molecule has 0 radical (unpaired) electrons. The Kier molecular flexibility index (Phi) is 3.99. The van der Waals surface area contributed by atoms with Crippen molar-refractivity contribution in [1.29, 1.82) is 0 Å². The molecule has 6 nitrogen and oxygen atoms in total. The highest BCUT2D eigenvalue weighted by Crippen LogP contribution is 2.29.